The normalized spacial score (nSPS) is 15.2. The average Bonchev–Trinajstić information content (AvgIpc) is 2.76. The molecule has 1 aliphatic heterocycles. The van der Waals surface area contributed by atoms with Gasteiger partial charge in [0.2, 0.25) is 15.9 Å². The van der Waals surface area contributed by atoms with Crippen LogP contribution in [0.1, 0.15) is 18.1 Å². The van der Waals surface area contributed by atoms with Crippen molar-refractivity contribution in [3.05, 3.63) is 58.6 Å². The van der Waals surface area contributed by atoms with Gasteiger partial charge in [-0.25, -0.2) is 8.42 Å². The first-order valence-corrected chi connectivity index (χ1v) is 12.1. The van der Waals surface area contributed by atoms with E-state index in [1.54, 1.807) is 19.1 Å². The zero-order chi connectivity index (χ0) is 22.4. The maximum atomic E-state index is 13.0. The number of carbonyl (C=O) groups excluding carboxylic acids is 1. The van der Waals surface area contributed by atoms with Gasteiger partial charge >= 0.3 is 0 Å². The van der Waals surface area contributed by atoms with E-state index in [1.807, 2.05) is 36.1 Å². The predicted molar refractivity (Wildman–Crippen MR) is 122 cm³/mol. The van der Waals surface area contributed by atoms with Gasteiger partial charge in [-0.2, -0.15) is 4.31 Å². The number of anilines is 1. The molecule has 3 rings (SSSR count). The number of hydrogen-bond acceptors (Lipinski definition) is 5. The Hall–Kier alpha value is -1.97. The number of nitrogens with one attached hydrogen (secondary N) is 1. The SMILES string of the molecule is CCN(CC(=O)Nc1ccc(C)c(S(=O)(=O)N2CCOCC2)c1)Cc1ccccc1Cl. The lowest BCUT2D eigenvalue weighted by Gasteiger charge is -2.27. The van der Waals surface area contributed by atoms with Crippen molar-refractivity contribution in [3.8, 4) is 0 Å². The van der Waals surface area contributed by atoms with Crippen LogP contribution in [0.25, 0.3) is 0 Å². The molecule has 0 unspecified atom stereocenters. The zero-order valence-electron chi connectivity index (χ0n) is 17.8. The number of ether oxygens (including phenoxy) is 1. The van der Waals surface area contributed by atoms with Crippen LogP contribution in [0.2, 0.25) is 5.02 Å². The average molecular weight is 466 g/mol. The topological polar surface area (TPSA) is 79.0 Å². The number of halogens is 1. The molecule has 2 aromatic rings. The highest BCUT2D eigenvalue weighted by atomic mass is 35.5. The number of amides is 1. The van der Waals surface area contributed by atoms with Crippen molar-refractivity contribution < 1.29 is 17.9 Å². The zero-order valence-corrected chi connectivity index (χ0v) is 19.4. The van der Waals surface area contributed by atoms with E-state index in [2.05, 4.69) is 5.32 Å². The number of morpholine rings is 1. The Bertz CT molecular complexity index is 1020. The number of hydrogen-bond donors (Lipinski definition) is 1. The number of likely N-dealkylation sites (N-methyl/N-ethyl adjacent to an activating group) is 1. The highest BCUT2D eigenvalue weighted by Crippen LogP contribution is 2.24. The van der Waals surface area contributed by atoms with E-state index in [-0.39, 0.29) is 17.3 Å². The van der Waals surface area contributed by atoms with Crippen molar-refractivity contribution in [3.63, 3.8) is 0 Å². The molecule has 0 bridgehead atoms. The summed E-state index contributed by atoms with van der Waals surface area (Å²) in [6.45, 7) is 6.53. The number of rotatable bonds is 8. The molecule has 0 spiro atoms. The molecule has 0 radical (unpaired) electrons. The summed E-state index contributed by atoms with van der Waals surface area (Å²) in [6.07, 6.45) is 0. The summed E-state index contributed by atoms with van der Waals surface area (Å²) in [5.74, 6) is -0.215. The minimum atomic E-state index is -3.65. The minimum Gasteiger partial charge on any atom is -0.379 e. The Morgan fingerprint density at radius 2 is 1.90 bits per heavy atom. The fourth-order valence-corrected chi connectivity index (χ4v) is 5.29. The van der Waals surface area contributed by atoms with E-state index in [0.29, 0.717) is 55.7 Å². The Kier molecular flexibility index (Phi) is 8.07. The first-order chi connectivity index (χ1) is 14.8. The molecule has 1 fully saturated rings. The van der Waals surface area contributed by atoms with Crippen LogP contribution in [-0.2, 0) is 26.1 Å². The second-order valence-corrected chi connectivity index (χ2v) is 9.75. The standard InChI is InChI=1S/C22H28ClN3O4S/c1-3-25(15-18-6-4-5-7-20(18)23)16-22(27)24-19-9-8-17(2)21(14-19)31(28,29)26-10-12-30-13-11-26/h4-9,14H,3,10-13,15-16H2,1-2H3,(H,24,27). The first-order valence-electron chi connectivity index (χ1n) is 10.3. The fourth-order valence-electron chi connectivity index (χ4n) is 3.43. The Morgan fingerprint density at radius 3 is 2.58 bits per heavy atom. The lowest BCUT2D eigenvalue weighted by Crippen LogP contribution is -2.40. The molecule has 0 atom stereocenters. The maximum absolute atomic E-state index is 13.0. The molecule has 1 aliphatic rings. The van der Waals surface area contributed by atoms with Gasteiger partial charge in [0.1, 0.15) is 0 Å². The van der Waals surface area contributed by atoms with E-state index in [1.165, 1.54) is 10.4 Å². The number of aryl methyl sites for hydroxylation is 1. The van der Waals surface area contributed by atoms with E-state index in [9.17, 15) is 13.2 Å². The summed E-state index contributed by atoms with van der Waals surface area (Å²) < 4.78 is 32.8. The van der Waals surface area contributed by atoms with Gasteiger partial charge in [-0.1, -0.05) is 42.8 Å². The van der Waals surface area contributed by atoms with Crippen LogP contribution >= 0.6 is 11.6 Å². The Labute approximate surface area is 189 Å². The summed E-state index contributed by atoms with van der Waals surface area (Å²) in [6, 6.07) is 12.5. The van der Waals surface area contributed by atoms with Gasteiger partial charge in [0.25, 0.3) is 0 Å². The molecule has 168 valence electrons. The van der Waals surface area contributed by atoms with E-state index < -0.39 is 10.0 Å². The van der Waals surface area contributed by atoms with Crippen molar-refractivity contribution in [2.45, 2.75) is 25.3 Å². The van der Waals surface area contributed by atoms with Gasteiger partial charge in [-0.15, -0.1) is 0 Å². The molecule has 2 aromatic carbocycles. The third-order valence-electron chi connectivity index (χ3n) is 5.23. The third-order valence-corrected chi connectivity index (χ3v) is 7.64. The van der Waals surface area contributed by atoms with E-state index in [0.717, 1.165) is 5.56 Å². The van der Waals surface area contributed by atoms with Crippen molar-refractivity contribution in [2.75, 3.05) is 44.7 Å². The van der Waals surface area contributed by atoms with Gasteiger partial charge < -0.3 is 10.1 Å². The molecular weight excluding hydrogens is 438 g/mol. The molecule has 7 nitrogen and oxygen atoms in total. The molecule has 0 saturated carbocycles. The summed E-state index contributed by atoms with van der Waals surface area (Å²) >= 11 is 6.23. The number of nitrogens with zero attached hydrogens (tertiary/aromatic N) is 2. The molecule has 1 amide bonds. The molecule has 9 heteroatoms. The van der Waals surface area contributed by atoms with Crippen molar-refractivity contribution in [1.82, 2.24) is 9.21 Å². The molecule has 1 saturated heterocycles. The van der Waals surface area contributed by atoms with Gasteiger partial charge in [0.05, 0.1) is 24.7 Å². The van der Waals surface area contributed by atoms with Crippen molar-refractivity contribution >= 4 is 33.2 Å². The van der Waals surface area contributed by atoms with Crippen LogP contribution < -0.4 is 5.32 Å². The monoisotopic (exact) mass is 465 g/mol. The van der Waals surface area contributed by atoms with Crippen LogP contribution in [-0.4, -0.2) is 62.9 Å². The highest BCUT2D eigenvalue weighted by molar-refractivity contribution is 7.89. The van der Waals surface area contributed by atoms with Crippen LogP contribution in [0.4, 0.5) is 5.69 Å². The van der Waals surface area contributed by atoms with E-state index in [4.69, 9.17) is 16.3 Å². The Morgan fingerprint density at radius 1 is 1.19 bits per heavy atom. The fraction of sp³-hybridized carbons (Fsp3) is 0.409. The van der Waals surface area contributed by atoms with Gasteiger partial charge in [0.15, 0.2) is 0 Å². The Balaban J connectivity index is 1.70. The van der Waals surface area contributed by atoms with Gasteiger partial charge in [-0.05, 0) is 42.8 Å². The lowest BCUT2D eigenvalue weighted by molar-refractivity contribution is -0.117. The van der Waals surface area contributed by atoms with Gasteiger partial charge in [0, 0.05) is 30.3 Å². The van der Waals surface area contributed by atoms with Crippen LogP contribution in [0.5, 0.6) is 0 Å². The quantitative estimate of drug-likeness (QED) is 0.648. The first kappa shape index (κ1) is 23.7. The van der Waals surface area contributed by atoms with Crippen LogP contribution in [0.3, 0.4) is 0 Å². The predicted octanol–water partition coefficient (Wildman–Crippen LogP) is 3.13. The minimum absolute atomic E-state index is 0.168. The smallest absolute Gasteiger partial charge is 0.243 e. The summed E-state index contributed by atoms with van der Waals surface area (Å²) in [5.41, 5.74) is 2.04. The summed E-state index contributed by atoms with van der Waals surface area (Å²) in [5, 5.41) is 3.49. The summed E-state index contributed by atoms with van der Waals surface area (Å²) in [7, 11) is -3.65. The van der Waals surface area contributed by atoms with Crippen molar-refractivity contribution in [1.29, 1.82) is 0 Å². The van der Waals surface area contributed by atoms with Crippen molar-refractivity contribution in [2.24, 2.45) is 0 Å². The van der Waals surface area contributed by atoms with Gasteiger partial charge in [-0.3, -0.25) is 9.69 Å². The number of sulfonamides is 1. The molecule has 31 heavy (non-hydrogen) atoms. The van der Waals surface area contributed by atoms with E-state index >= 15 is 0 Å². The van der Waals surface area contributed by atoms with Crippen LogP contribution in [0, 0.1) is 6.92 Å². The number of carbonyl (C=O) groups is 1. The second kappa shape index (κ2) is 10.6. The molecular formula is C22H28ClN3O4S. The molecule has 1 N–H and O–H groups in total. The molecule has 1 heterocycles. The van der Waals surface area contributed by atoms with Crippen LogP contribution in [0.15, 0.2) is 47.4 Å². The highest BCUT2D eigenvalue weighted by Gasteiger charge is 2.28. The maximum Gasteiger partial charge on any atom is 0.243 e. The molecule has 0 aliphatic carbocycles. The second-order valence-electron chi connectivity index (χ2n) is 7.44. The number of benzene rings is 2. The molecule has 0 aromatic heterocycles. The lowest BCUT2D eigenvalue weighted by atomic mass is 10.2. The largest absolute Gasteiger partial charge is 0.379 e. The summed E-state index contributed by atoms with van der Waals surface area (Å²) in [4.78, 5) is 14.8. The third kappa shape index (κ3) is 6.05.